The van der Waals surface area contributed by atoms with Gasteiger partial charge in [-0.15, -0.1) is 10.7 Å². The number of hydrogen-bond acceptors (Lipinski definition) is 2. The molecule has 3 heteroatoms. The molecule has 0 aliphatic carbocycles. The molecule has 0 aromatic heterocycles. The van der Waals surface area contributed by atoms with Crippen molar-refractivity contribution >= 4 is 16.5 Å². The largest absolute Gasteiger partial charge is 0.308 e. The first-order valence-electron chi connectivity index (χ1n) is 3.35. The Morgan fingerprint density at radius 3 is 2.00 bits per heavy atom. The van der Waals surface area contributed by atoms with Gasteiger partial charge in [-0.05, 0) is 27.4 Å². The molecule has 0 aromatic rings. The third kappa shape index (κ3) is 4.97. The van der Waals surface area contributed by atoms with E-state index in [2.05, 4.69) is 42.5 Å². The van der Waals surface area contributed by atoms with Crippen molar-refractivity contribution in [1.82, 2.24) is 9.21 Å². The van der Waals surface area contributed by atoms with Crippen LogP contribution < -0.4 is 0 Å². The second-order valence-corrected chi connectivity index (χ2v) is 4.58. The molecule has 1 unspecified atom stereocenters. The Kier molecular flexibility index (Phi) is 4.95. The summed E-state index contributed by atoms with van der Waals surface area (Å²) in [6, 6.07) is 0. The maximum Gasteiger partial charge on any atom is 0.0209 e. The summed E-state index contributed by atoms with van der Waals surface area (Å²) in [4.78, 5) is 2.18. The van der Waals surface area contributed by atoms with E-state index in [0.717, 1.165) is 13.1 Å². The molecule has 0 aliphatic heterocycles. The third-order valence-electron chi connectivity index (χ3n) is 1.39. The molecule has 62 valence electrons. The first-order valence-corrected chi connectivity index (χ1v) is 5.11. The Labute approximate surface area is 66.9 Å². The third-order valence-corrected chi connectivity index (χ3v) is 2.64. The zero-order valence-corrected chi connectivity index (χ0v) is 8.24. The quantitative estimate of drug-likeness (QED) is 0.562. The van der Waals surface area contributed by atoms with Crippen LogP contribution in [0.1, 0.15) is 0 Å². The van der Waals surface area contributed by atoms with E-state index in [1.165, 1.54) is 0 Å². The molecule has 0 spiro atoms. The van der Waals surface area contributed by atoms with Gasteiger partial charge in [-0.2, -0.15) is 0 Å². The van der Waals surface area contributed by atoms with Crippen LogP contribution >= 0.6 is 10.7 Å². The molecule has 0 N–H and O–H groups in total. The lowest BCUT2D eigenvalue weighted by atomic mass is 10.6. The van der Waals surface area contributed by atoms with Crippen LogP contribution in [0, 0.1) is 0 Å². The summed E-state index contributed by atoms with van der Waals surface area (Å²) in [5, 5.41) is 0. The molecule has 0 saturated heterocycles. The molecule has 0 aromatic carbocycles. The van der Waals surface area contributed by atoms with Crippen LogP contribution in [-0.4, -0.2) is 55.6 Å². The normalized spacial score (nSPS) is 14.6. The molecular weight excluding hydrogens is 144 g/mol. The van der Waals surface area contributed by atoms with Gasteiger partial charge >= 0.3 is 0 Å². The van der Waals surface area contributed by atoms with E-state index >= 15 is 0 Å². The predicted molar refractivity (Wildman–Crippen MR) is 51.8 cm³/mol. The molecule has 0 heterocycles. The first-order chi connectivity index (χ1) is 4.54. The van der Waals surface area contributed by atoms with Crippen molar-refractivity contribution < 1.29 is 0 Å². The SMILES string of the molecule is C=S(C)N(C)CCN(C)C. The van der Waals surface area contributed by atoms with Gasteiger partial charge in [0.05, 0.1) is 0 Å². The van der Waals surface area contributed by atoms with Crippen molar-refractivity contribution in [1.29, 1.82) is 0 Å². The minimum atomic E-state index is 0.180. The van der Waals surface area contributed by atoms with Crippen molar-refractivity contribution in [2.24, 2.45) is 0 Å². The van der Waals surface area contributed by atoms with Gasteiger partial charge in [-0.25, -0.2) is 0 Å². The van der Waals surface area contributed by atoms with Crippen molar-refractivity contribution in [3.63, 3.8) is 0 Å². The summed E-state index contributed by atoms with van der Waals surface area (Å²) in [7, 11) is 6.47. The topological polar surface area (TPSA) is 6.48 Å². The number of hydrogen-bond donors (Lipinski definition) is 0. The zero-order chi connectivity index (χ0) is 8.15. The van der Waals surface area contributed by atoms with Crippen LogP contribution in [0.2, 0.25) is 0 Å². The Morgan fingerprint density at radius 1 is 1.20 bits per heavy atom. The summed E-state index contributed by atoms with van der Waals surface area (Å²) in [6.45, 7) is 2.22. The Hall–Kier alpha value is 0.140. The summed E-state index contributed by atoms with van der Waals surface area (Å²) >= 11 is 0. The van der Waals surface area contributed by atoms with Crippen LogP contribution in [-0.2, 0) is 0 Å². The van der Waals surface area contributed by atoms with Crippen LogP contribution in [0.25, 0.3) is 0 Å². The maximum atomic E-state index is 3.95. The monoisotopic (exact) mass is 162 g/mol. The fraction of sp³-hybridized carbons (Fsp3) is 0.857. The van der Waals surface area contributed by atoms with Gasteiger partial charge in [0, 0.05) is 13.1 Å². The molecule has 0 fully saturated rings. The van der Waals surface area contributed by atoms with E-state index in [1.807, 2.05) is 0 Å². The predicted octanol–water partition coefficient (Wildman–Crippen LogP) is 0.726. The van der Waals surface area contributed by atoms with Gasteiger partial charge < -0.3 is 4.90 Å². The van der Waals surface area contributed by atoms with Gasteiger partial charge in [0.1, 0.15) is 0 Å². The van der Waals surface area contributed by atoms with E-state index < -0.39 is 0 Å². The van der Waals surface area contributed by atoms with E-state index in [-0.39, 0.29) is 10.7 Å². The Morgan fingerprint density at radius 2 is 1.70 bits per heavy atom. The lowest BCUT2D eigenvalue weighted by Gasteiger charge is -2.19. The van der Waals surface area contributed by atoms with E-state index in [4.69, 9.17) is 0 Å². The molecule has 0 aliphatic rings. The van der Waals surface area contributed by atoms with Crippen molar-refractivity contribution in [2.45, 2.75) is 0 Å². The number of rotatable bonds is 4. The first kappa shape index (κ1) is 10.1. The summed E-state index contributed by atoms with van der Waals surface area (Å²) in [5.74, 6) is 3.95. The lowest BCUT2D eigenvalue weighted by Crippen LogP contribution is -2.24. The fourth-order valence-electron chi connectivity index (χ4n) is 0.497. The molecule has 0 bridgehead atoms. The van der Waals surface area contributed by atoms with Crippen LogP contribution in [0.5, 0.6) is 0 Å². The molecule has 1 atom stereocenters. The summed E-state index contributed by atoms with van der Waals surface area (Å²) in [5.41, 5.74) is 0. The Balaban J connectivity index is 3.40. The van der Waals surface area contributed by atoms with Crippen LogP contribution in [0.15, 0.2) is 0 Å². The molecule has 0 amide bonds. The molecule has 0 radical (unpaired) electrons. The average molecular weight is 162 g/mol. The van der Waals surface area contributed by atoms with Gasteiger partial charge in [-0.3, -0.25) is 4.31 Å². The smallest absolute Gasteiger partial charge is 0.0209 e. The summed E-state index contributed by atoms with van der Waals surface area (Å²) < 4.78 is 2.26. The van der Waals surface area contributed by atoms with E-state index in [9.17, 15) is 0 Å². The van der Waals surface area contributed by atoms with Gasteiger partial charge in [0.25, 0.3) is 0 Å². The molecule has 10 heavy (non-hydrogen) atoms. The van der Waals surface area contributed by atoms with Crippen molar-refractivity contribution in [2.75, 3.05) is 40.5 Å². The molecule has 0 saturated carbocycles. The maximum absolute atomic E-state index is 3.95. The van der Waals surface area contributed by atoms with Gasteiger partial charge in [0.2, 0.25) is 0 Å². The fourth-order valence-corrected chi connectivity index (χ4v) is 0.890. The lowest BCUT2D eigenvalue weighted by molar-refractivity contribution is 0.372. The highest BCUT2D eigenvalue weighted by Crippen LogP contribution is 2.06. The molecular formula is C7H18N2S. The van der Waals surface area contributed by atoms with E-state index in [1.54, 1.807) is 0 Å². The van der Waals surface area contributed by atoms with Crippen molar-refractivity contribution in [3.05, 3.63) is 0 Å². The van der Waals surface area contributed by atoms with Crippen LogP contribution in [0.4, 0.5) is 0 Å². The van der Waals surface area contributed by atoms with E-state index in [0.29, 0.717) is 0 Å². The minimum Gasteiger partial charge on any atom is -0.308 e. The second kappa shape index (κ2) is 4.88. The highest BCUT2D eigenvalue weighted by Gasteiger charge is 1.96. The second-order valence-electron chi connectivity index (χ2n) is 2.76. The zero-order valence-electron chi connectivity index (χ0n) is 7.42. The van der Waals surface area contributed by atoms with Gasteiger partial charge in [0.15, 0.2) is 0 Å². The van der Waals surface area contributed by atoms with Crippen LogP contribution in [0.3, 0.4) is 0 Å². The standard InChI is InChI=1S/C7H18N2S/c1-8(2)6-7-9(3)10(4)5/h4,6-7H2,1-3,5H3. The average Bonchev–Trinajstić information content (AvgIpc) is 1.82. The minimum absolute atomic E-state index is 0.180. The highest BCUT2D eigenvalue weighted by molar-refractivity contribution is 8.11. The molecule has 0 rings (SSSR count). The van der Waals surface area contributed by atoms with Crippen molar-refractivity contribution in [3.8, 4) is 0 Å². The highest BCUT2D eigenvalue weighted by atomic mass is 32.2. The number of nitrogens with zero attached hydrogens (tertiary/aromatic N) is 2. The number of likely N-dealkylation sites (N-methyl/N-ethyl adjacent to an activating group) is 2. The summed E-state index contributed by atoms with van der Waals surface area (Å²) in [6.07, 6.45) is 2.13. The van der Waals surface area contributed by atoms with Gasteiger partial charge in [-0.1, -0.05) is 5.87 Å². The molecule has 2 nitrogen and oxygen atoms in total. The Bertz CT molecular complexity index is 112.